The highest BCUT2D eigenvalue weighted by Gasteiger charge is 2.27. The summed E-state index contributed by atoms with van der Waals surface area (Å²) in [7, 11) is 0. The van der Waals surface area contributed by atoms with Crippen molar-refractivity contribution in [1.29, 1.82) is 0 Å². The number of anilines is 1. The third kappa shape index (κ3) is 2.04. The molecule has 0 saturated heterocycles. The molecule has 0 radical (unpaired) electrons. The molecule has 0 amide bonds. The molecule has 2 nitrogen and oxygen atoms in total. The molecular weight excluding hydrogens is 240 g/mol. The molecule has 0 aliphatic carbocycles. The molecule has 0 bridgehead atoms. The molecule has 1 aromatic carbocycles. The highest BCUT2D eigenvalue weighted by molar-refractivity contribution is 7.10. The van der Waals surface area contributed by atoms with Gasteiger partial charge in [-0.3, -0.25) is 0 Å². The summed E-state index contributed by atoms with van der Waals surface area (Å²) in [6.07, 6.45) is 1.13. The number of hydrogen-bond donors (Lipinski definition) is 1. The molecule has 2 atom stereocenters. The van der Waals surface area contributed by atoms with E-state index in [2.05, 4.69) is 53.6 Å². The SMILES string of the molecule is CC1Cc2ccccc2N1CC(N)c1cccs1. The fourth-order valence-electron chi connectivity index (χ4n) is 2.71. The molecule has 1 aromatic heterocycles. The molecule has 2 unspecified atom stereocenters. The van der Waals surface area contributed by atoms with Crippen molar-refractivity contribution in [1.82, 2.24) is 0 Å². The lowest BCUT2D eigenvalue weighted by atomic mass is 10.1. The second-order valence-corrected chi connectivity index (χ2v) is 5.94. The number of para-hydroxylation sites is 1. The first-order chi connectivity index (χ1) is 8.75. The first-order valence-corrected chi connectivity index (χ1v) is 7.27. The van der Waals surface area contributed by atoms with Gasteiger partial charge in [0.05, 0.1) is 6.04 Å². The van der Waals surface area contributed by atoms with Crippen molar-refractivity contribution >= 4 is 17.0 Å². The Bertz CT molecular complexity index is 521. The van der Waals surface area contributed by atoms with Crippen molar-refractivity contribution in [3.63, 3.8) is 0 Å². The lowest BCUT2D eigenvalue weighted by Gasteiger charge is -2.27. The highest BCUT2D eigenvalue weighted by Crippen LogP contribution is 2.33. The van der Waals surface area contributed by atoms with Crippen molar-refractivity contribution < 1.29 is 0 Å². The Kier molecular flexibility index (Phi) is 3.10. The molecule has 3 heteroatoms. The van der Waals surface area contributed by atoms with Gasteiger partial charge in [0.15, 0.2) is 0 Å². The minimum absolute atomic E-state index is 0.110. The summed E-state index contributed by atoms with van der Waals surface area (Å²) in [5.41, 5.74) is 9.11. The van der Waals surface area contributed by atoms with Gasteiger partial charge < -0.3 is 10.6 Å². The molecule has 0 saturated carbocycles. The van der Waals surface area contributed by atoms with E-state index in [4.69, 9.17) is 5.73 Å². The molecule has 94 valence electrons. The van der Waals surface area contributed by atoms with Crippen LogP contribution in [0, 0.1) is 0 Å². The maximum atomic E-state index is 6.31. The topological polar surface area (TPSA) is 29.3 Å². The fourth-order valence-corrected chi connectivity index (χ4v) is 3.43. The lowest BCUT2D eigenvalue weighted by molar-refractivity contribution is 0.614. The van der Waals surface area contributed by atoms with Crippen LogP contribution in [0.1, 0.15) is 23.4 Å². The van der Waals surface area contributed by atoms with E-state index in [-0.39, 0.29) is 6.04 Å². The summed E-state index contributed by atoms with van der Waals surface area (Å²) in [5.74, 6) is 0. The van der Waals surface area contributed by atoms with Gasteiger partial charge in [-0.05, 0) is 36.4 Å². The molecular formula is C15H18N2S. The Hall–Kier alpha value is -1.32. The van der Waals surface area contributed by atoms with Crippen LogP contribution >= 0.6 is 11.3 Å². The van der Waals surface area contributed by atoms with E-state index >= 15 is 0 Å². The zero-order chi connectivity index (χ0) is 12.5. The Balaban J connectivity index is 1.81. The normalized spacial score (nSPS) is 19.9. The monoisotopic (exact) mass is 258 g/mol. The van der Waals surface area contributed by atoms with Gasteiger partial charge in [0, 0.05) is 23.2 Å². The minimum atomic E-state index is 0.110. The Labute approximate surface area is 112 Å². The van der Waals surface area contributed by atoms with Gasteiger partial charge in [0.1, 0.15) is 0 Å². The van der Waals surface area contributed by atoms with Crippen molar-refractivity contribution in [3.05, 3.63) is 52.2 Å². The summed E-state index contributed by atoms with van der Waals surface area (Å²) in [6.45, 7) is 3.18. The van der Waals surface area contributed by atoms with Gasteiger partial charge in [-0.15, -0.1) is 11.3 Å². The molecule has 0 spiro atoms. The standard InChI is InChI=1S/C15H18N2S/c1-11-9-12-5-2-3-6-14(12)17(11)10-13(16)15-7-4-8-18-15/h2-8,11,13H,9-10,16H2,1H3. The van der Waals surface area contributed by atoms with Crippen LogP contribution in [0.15, 0.2) is 41.8 Å². The summed E-state index contributed by atoms with van der Waals surface area (Å²) in [5, 5.41) is 2.09. The van der Waals surface area contributed by atoms with Gasteiger partial charge in [-0.25, -0.2) is 0 Å². The largest absolute Gasteiger partial charge is 0.366 e. The summed E-state index contributed by atoms with van der Waals surface area (Å²) >= 11 is 1.75. The van der Waals surface area contributed by atoms with E-state index in [0.717, 1.165) is 13.0 Å². The first kappa shape index (κ1) is 11.8. The first-order valence-electron chi connectivity index (χ1n) is 6.39. The third-order valence-corrected chi connectivity index (χ3v) is 4.65. The predicted octanol–water partition coefficient (Wildman–Crippen LogP) is 3.20. The van der Waals surface area contributed by atoms with E-state index in [1.54, 1.807) is 11.3 Å². The molecule has 2 aromatic rings. The number of benzene rings is 1. The average molecular weight is 258 g/mol. The van der Waals surface area contributed by atoms with E-state index in [0.29, 0.717) is 6.04 Å². The minimum Gasteiger partial charge on any atom is -0.366 e. The Morgan fingerprint density at radius 1 is 1.33 bits per heavy atom. The van der Waals surface area contributed by atoms with Crippen LogP contribution in [0.25, 0.3) is 0 Å². The predicted molar refractivity (Wildman–Crippen MR) is 78.2 cm³/mol. The van der Waals surface area contributed by atoms with Crippen molar-refractivity contribution in [3.8, 4) is 0 Å². The van der Waals surface area contributed by atoms with Crippen molar-refractivity contribution in [2.45, 2.75) is 25.4 Å². The number of thiophene rings is 1. The van der Waals surface area contributed by atoms with Crippen LogP contribution in [-0.2, 0) is 6.42 Å². The van der Waals surface area contributed by atoms with Gasteiger partial charge in [0.2, 0.25) is 0 Å². The lowest BCUT2D eigenvalue weighted by Crippen LogP contribution is -2.35. The van der Waals surface area contributed by atoms with E-state index in [1.807, 2.05) is 0 Å². The van der Waals surface area contributed by atoms with Crippen LogP contribution in [0.5, 0.6) is 0 Å². The van der Waals surface area contributed by atoms with E-state index in [9.17, 15) is 0 Å². The number of nitrogens with two attached hydrogens (primary N) is 1. The summed E-state index contributed by atoms with van der Waals surface area (Å²) < 4.78 is 0. The number of rotatable bonds is 3. The maximum Gasteiger partial charge on any atom is 0.0568 e. The highest BCUT2D eigenvalue weighted by atomic mass is 32.1. The van der Waals surface area contributed by atoms with Gasteiger partial charge in [-0.2, -0.15) is 0 Å². The van der Waals surface area contributed by atoms with Gasteiger partial charge in [0.25, 0.3) is 0 Å². The van der Waals surface area contributed by atoms with Crippen molar-refractivity contribution in [2.75, 3.05) is 11.4 Å². The van der Waals surface area contributed by atoms with Crippen LogP contribution in [0.4, 0.5) is 5.69 Å². The molecule has 2 N–H and O–H groups in total. The number of fused-ring (bicyclic) bond motifs is 1. The summed E-state index contributed by atoms with van der Waals surface area (Å²) in [6, 6.07) is 13.5. The van der Waals surface area contributed by atoms with Crippen LogP contribution in [0.2, 0.25) is 0 Å². The molecule has 0 fully saturated rings. The molecule has 3 rings (SSSR count). The zero-order valence-corrected chi connectivity index (χ0v) is 11.4. The number of nitrogens with zero attached hydrogens (tertiary/aromatic N) is 1. The van der Waals surface area contributed by atoms with E-state index < -0.39 is 0 Å². The molecule has 1 aliphatic heterocycles. The third-order valence-electron chi connectivity index (χ3n) is 3.65. The summed E-state index contributed by atoms with van der Waals surface area (Å²) in [4.78, 5) is 3.71. The van der Waals surface area contributed by atoms with Gasteiger partial charge >= 0.3 is 0 Å². The molecule has 18 heavy (non-hydrogen) atoms. The van der Waals surface area contributed by atoms with Crippen LogP contribution in [-0.4, -0.2) is 12.6 Å². The van der Waals surface area contributed by atoms with Crippen LogP contribution in [0.3, 0.4) is 0 Å². The Morgan fingerprint density at radius 3 is 2.94 bits per heavy atom. The molecule has 1 aliphatic rings. The quantitative estimate of drug-likeness (QED) is 0.916. The second-order valence-electron chi connectivity index (χ2n) is 4.96. The smallest absolute Gasteiger partial charge is 0.0568 e. The average Bonchev–Trinajstić information content (AvgIpc) is 2.98. The van der Waals surface area contributed by atoms with Crippen molar-refractivity contribution in [2.24, 2.45) is 5.73 Å². The molecule has 2 heterocycles. The maximum absolute atomic E-state index is 6.31. The fraction of sp³-hybridized carbons (Fsp3) is 0.333. The Morgan fingerprint density at radius 2 is 2.17 bits per heavy atom. The van der Waals surface area contributed by atoms with Crippen LogP contribution < -0.4 is 10.6 Å². The second kappa shape index (κ2) is 4.75. The van der Waals surface area contributed by atoms with Gasteiger partial charge in [-0.1, -0.05) is 24.3 Å². The number of hydrogen-bond acceptors (Lipinski definition) is 3. The van der Waals surface area contributed by atoms with E-state index in [1.165, 1.54) is 16.1 Å². The zero-order valence-electron chi connectivity index (χ0n) is 10.5.